The summed E-state index contributed by atoms with van der Waals surface area (Å²) < 4.78 is 5.11. The van der Waals surface area contributed by atoms with Crippen LogP contribution >= 0.6 is 0 Å². The Morgan fingerprint density at radius 1 is 1.05 bits per heavy atom. The molecule has 0 aliphatic rings. The van der Waals surface area contributed by atoms with Crippen molar-refractivity contribution < 1.29 is 14.3 Å². The van der Waals surface area contributed by atoms with Crippen molar-refractivity contribution >= 4 is 17.6 Å². The second kappa shape index (κ2) is 9.97. The molecule has 0 spiro atoms. The van der Waals surface area contributed by atoms with Crippen LogP contribution in [0, 0.1) is 0 Å². The lowest BCUT2D eigenvalue weighted by Gasteiger charge is -2.16. The molecular weight excluding hydrogens is 266 g/mol. The van der Waals surface area contributed by atoms with Crippen LogP contribution in [0.25, 0.3) is 0 Å². The number of hydrogen-bond donors (Lipinski definition) is 0. The van der Waals surface area contributed by atoms with Gasteiger partial charge in [-0.2, -0.15) is 0 Å². The predicted octanol–water partition coefficient (Wildman–Crippen LogP) is 3.55. The first-order valence-electron chi connectivity index (χ1n) is 7.62. The van der Waals surface area contributed by atoms with Crippen LogP contribution in [-0.2, 0) is 14.3 Å². The van der Waals surface area contributed by atoms with E-state index in [1.165, 1.54) is 0 Å². The maximum atomic E-state index is 12.0. The Morgan fingerprint density at radius 2 is 1.76 bits per heavy atom. The summed E-state index contributed by atoms with van der Waals surface area (Å²) in [5.74, 6) is -0.370. The van der Waals surface area contributed by atoms with Crippen molar-refractivity contribution in [1.82, 2.24) is 0 Å². The first kappa shape index (κ1) is 17.2. The fourth-order valence-electron chi connectivity index (χ4n) is 1.96. The van der Waals surface area contributed by atoms with Gasteiger partial charge < -0.3 is 9.64 Å². The van der Waals surface area contributed by atoms with Crippen LogP contribution in [0.3, 0.4) is 0 Å². The molecule has 1 rings (SSSR count). The molecule has 0 unspecified atom stereocenters. The molecule has 0 aliphatic carbocycles. The van der Waals surface area contributed by atoms with E-state index in [2.05, 4.69) is 6.92 Å². The topological polar surface area (TPSA) is 46.6 Å². The zero-order valence-corrected chi connectivity index (χ0v) is 13.0. The summed E-state index contributed by atoms with van der Waals surface area (Å²) in [7, 11) is 1.72. The van der Waals surface area contributed by atoms with E-state index >= 15 is 0 Å². The summed E-state index contributed by atoms with van der Waals surface area (Å²) in [5, 5.41) is 0. The minimum Gasteiger partial charge on any atom is -0.466 e. The number of carbonyl (C=O) groups is 2. The van der Waals surface area contributed by atoms with E-state index < -0.39 is 0 Å². The number of ether oxygens (including phenoxy) is 1. The van der Waals surface area contributed by atoms with Crippen molar-refractivity contribution in [1.29, 1.82) is 0 Å². The summed E-state index contributed by atoms with van der Waals surface area (Å²) in [6, 6.07) is 9.39. The van der Waals surface area contributed by atoms with Gasteiger partial charge in [-0.25, -0.2) is 0 Å². The number of esters is 1. The minimum absolute atomic E-state index is 0.0795. The van der Waals surface area contributed by atoms with Gasteiger partial charge in [0, 0.05) is 19.2 Å². The molecule has 0 aliphatic heterocycles. The van der Waals surface area contributed by atoms with Crippen molar-refractivity contribution in [3.8, 4) is 0 Å². The van der Waals surface area contributed by atoms with Crippen LogP contribution in [0.15, 0.2) is 30.3 Å². The first-order valence-corrected chi connectivity index (χ1v) is 7.62. The normalized spacial score (nSPS) is 10.2. The number of nitrogens with zero attached hydrogens (tertiary/aromatic N) is 1. The van der Waals surface area contributed by atoms with E-state index in [1.54, 1.807) is 11.9 Å². The molecule has 0 atom stereocenters. The lowest BCUT2D eigenvalue weighted by atomic mass is 10.2. The van der Waals surface area contributed by atoms with Crippen LogP contribution in [0.5, 0.6) is 0 Å². The molecule has 0 aromatic heterocycles. The molecule has 4 heteroatoms. The standard InChI is InChI=1S/C17H25NO3/c1-3-4-5-9-14-21-17(20)13-12-16(19)18(2)15-10-7-6-8-11-15/h6-8,10-11H,3-5,9,12-14H2,1-2H3. The molecule has 0 N–H and O–H groups in total. The molecule has 0 fully saturated rings. The van der Waals surface area contributed by atoms with Crippen LogP contribution < -0.4 is 4.90 Å². The van der Waals surface area contributed by atoms with Gasteiger partial charge in [0.2, 0.25) is 5.91 Å². The molecule has 4 nitrogen and oxygen atoms in total. The van der Waals surface area contributed by atoms with Crippen LogP contribution in [0.1, 0.15) is 45.4 Å². The van der Waals surface area contributed by atoms with E-state index in [0.29, 0.717) is 6.61 Å². The number of amides is 1. The number of benzene rings is 1. The highest BCUT2D eigenvalue weighted by molar-refractivity contribution is 5.94. The van der Waals surface area contributed by atoms with Crippen molar-refractivity contribution in [3.63, 3.8) is 0 Å². The third-order valence-electron chi connectivity index (χ3n) is 3.32. The lowest BCUT2D eigenvalue weighted by Crippen LogP contribution is -2.26. The highest BCUT2D eigenvalue weighted by Gasteiger charge is 2.13. The second-order valence-electron chi connectivity index (χ2n) is 5.07. The summed E-state index contributed by atoms with van der Waals surface area (Å²) in [6.45, 7) is 2.60. The SMILES string of the molecule is CCCCCCOC(=O)CCC(=O)N(C)c1ccccc1. The predicted molar refractivity (Wildman–Crippen MR) is 84.2 cm³/mol. The Kier molecular flexibility index (Phi) is 8.17. The molecule has 1 aromatic rings. The van der Waals surface area contributed by atoms with Crippen LogP contribution in [0.4, 0.5) is 5.69 Å². The van der Waals surface area contributed by atoms with Gasteiger partial charge in [0.1, 0.15) is 0 Å². The largest absolute Gasteiger partial charge is 0.466 e. The zero-order chi connectivity index (χ0) is 15.5. The summed E-state index contributed by atoms with van der Waals surface area (Å²) >= 11 is 0. The van der Waals surface area contributed by atoms with Gasteiger partial charge >= 0.3 is 5.97 Å². The van der Waals surface area contributed by atoms with Crippen LogP contribution in [0.2, 0.25) is 0 Å². The Bertz CT molecular complexity index is 431. The number of para-hydroxylation sites is 1. The summed E-state index contributed by atoms with van der Waals surface area (Å²) in [6.07, 6.45) is 4.63. The fourth-order valence-corrected chi connectivity index (χ4v) is 1.96. The van der Waals surface area contributed by atoms with Gasteiger partial charge in [-0.05, 0) is 18.6 Å². The number of carbonyl (C=O) groups excluding carboxylic acids is 2. The molecule has 1 amide bonds. The van der Waals surface area contributed by atoms with Gasteiger partial charge in [-0.3, -0.25) is 9.59 Å². The molecule has 0 radical (unpaired) electrons. The monoisotopic (exact) mass is 291 g/mol. The Balaban J connectivity index is 2.22. The average Bonchev–Trinajstić information content (AvgIpc) is 2.52. The van der Waals surface area contributed by atoms with E-state index in [0.717, 1.165) is 31.4 Å². The fraction of sp³-hybridized carbons (Fsp3) is 0.529. The molecule has 1 aromatic carbocycles. The molecule has 21 heavy (non-hydrogen) atoms. The minimum atomic E-state index is -0.290. The number of anilines is 1. The Labute approximate surface area is 127 Å². The van der Waals surface area contributed by atoms with E-state index in [9.17, 15) is 9.59 Å². The van der Waals surface area contributed by atoms with Gasteiger partial charge in [0.15, 0.2) is 0 Å². The molecule has 0 heterocycles. The van der Waals surface area contributed by atoms with Gasteiger partial charge in [0.05, 0.1) is 13.0 Å². The van der Waals surface area contributed by atoms with Gasteiger partial charge in [-0.1, -0.05) is 44.4 Å². The van der Waals surface area contributed by atoms with Crippen molar-refractivity contribution in [2.24, 2.45) is 0 Å². The molecule has 0 saturated carbocycles. The van der Waals surface area contributed by atoms with Gasteiger partial charge in [0.25, 0.3) is 0 Å². The van der Waals surface area contributed by atoms with E-state index in [1.807, 2.05) is 30.3 Å². The average molecular weight is 291 g/mol. The lowest BCUT2D eigenvalue weighted by molar-refractivity contribution is -0.144. The highest BCUT2D eigenvalue weighted by Crippen LogP contribution is 2.12. The van der Waals surface area contributed by atoms with Crippen molar-refractivity contribution in [2.75, 3.05) is 18.6 Å². The van der Waals surface area contributed by atoms with Crippen molar-refractivity contribution in [2.45, 2.75) is 45.4 Å². The zero-order valence-electron chi connectivity index (χ0n) is 13.0. The Hall–Kier alpha value is -1.84. The third kappa shape index (κ3) is 6.93. The Morgan fingerprint density at radius 3 is 2.43 bits per heavy atom. The smallest absolute Gasteiger partial charge is 0.306 e. The second-order valence-corrected chi connectivity index (χ2v) is 5.07. The molecular formula is C17H25NO3. The first-order chi connectivity index (χ1) is 10.1. The number of unbranched alkanes of at least 4 members (excludes halogenated alkanes) is 3. The molecule has 116 valence electrons. The highest BCUT2D eigenvalue weighted by atomic mass is 16.5. The third-order valence-corrected chi connectivity index (χ3v) is 3.32. The summed E-state index contributed by atoms with van der Waals surface area (Å²) in [5.41, 5.74) is 0.829. The molecule has 0 bridgehead atoms. The summed E-state index contributed by atoms with van der Waals surface area (Å²) in [4.78, 5) is 25.1. The maximum Gasteiger partial charge on any atom is 0.306 e. The van der Waals surface area contributed by atoms with E-state index in [-0.39, 0.29) is 24.7 Å². The quantitative estimate of drug-likeness (QED) is 0.516. The number of hydrogen-bond acceptors (Lipinski definition) is 3. The molecule has 0 saturated heterocycles. The maximum absolute atomic E-state index is 12.0. The number of rotatable bonds is 9. The van der Waals surface area contributed by atoms with Crippen LogP contribution in [-0.4, -0.2) is 25.5 Å². The van der Waals surface area contributed by atoms with E-state index in [4.69, 9.17) is 4.74 Å². The van der Waals surface area contributed by atoms with Crippen molar-refractivity contribution in [3.05, 3.63) is 30.3 Å². The van der Waals surface area contributed by atoms with Gasteiger partial charge in [-0.15, -0.1) is 0 Å².